The van der Waals surface area contributed by atoms with Gasteiger partial charge in [0.1, 0.15) is 0 Å². The average Bonchev–Trinajstić information content (AvgIpc) is 2.55. The maximum atomic E-state index is 5.60. The second-order valence-corrected chi connectivity index (χ2v) is 4.65. The Bertz CT molecular complexity index is 597. The maximum Gasteiger partial charge on any atom is 0.161 e. The van der Waals surface area contributed by atoms with Crippen LogP contribution in [0.15, 0.2) is 53.6 Å². The Balaban J connectivity index is 1.96. The molecule has 0 saturated carbocycles. The van der Waals surface area contributed by atoms with Crippen molar-refractivity contribution in [3.05, 3.63) is 59.7 Å². The van der Waals surface area contributed by atoms with E-state index in [0.29, 0.717) is 19.8 Å². The van der Waals surface area contributed by atoms with Gasteiger partial charge in [-0.1, -0.05) is 30.3 Å². The summed E-state index contributed by atoms with van der Waals surface area (Å²) in [6, 6.07) is 16.0. The van der Waals surface area contributed by atoms with Crippen LogP contribution in [0.1, 0.15) is 25.0 Å². The van der Waals surface area contributed by atoms with E-state index in [2.05, 4.69) is 22.7 Å². The summed E-state index contributed by atoms with van der Waals surface area (Å²) in [4.78, 5) is 0. The minimum Gasteiger partial charge on any atom is -0.490 e. The fraction of sp³-hybridized carbons (Fsp3) is 0.278. The second kappa shape index (κ2) is 8.72. The second-order valence-electron chi connectivity index (χ2n) is 4.65. The SMILES string of the molecule is CCOc1ccc(C=NNCc2ccccc2)cc1OCC. The van der Waals surface area contributed by atoms with Crippen LogP contribution in [0.5, 0.6) is 11.5 Å². The quantitative estimate of drug-likeness (QED) is 0.598. The number of hydrogen-bond donors (Lipinski definition) is 1. The van der Waals surface area contributed by atoms with Crippen LogP contribution in [0.25, 0.3) is 0 Å². The van der Waals surface area contributed by atoms with E-state index in [9.17, 15) is 0 Å². The number of hydrazone groups is 1. The van der Waals surface area contributed by atoms with Gasteiger partial charge < -0.3 is 14.9 Å². The van der Waals surface area contributed by atoms with Gasteiger partial charge in [0.05, 0.1) is 26.0 Å². The van der Waals surface area contributed by atoms with E-state index in [1.54, 1.807) is 6.21 Å². The molecule has 0 amide bonds. The highest BCUT2D eigenvalue weighted by Crippen LogP contribution is 2.27. The van der Waals surface area contributed by atoms with Crippen molar-refractivity contribution < 1.29 is 9.47 Å². The third-order valence-corrected chi connectivity index (χ3v) is 3.00. The summed E-state index contributed by atoms with van der Waals surface area (Å²) in [5.74, 6) is 1.51. The van der Waals surface area contributed by atoms with Gasteiger partial charge in [0.25, 0.3) is 0 Å². The summed E-state index contributed by atoms with van der Waals surface area (Å²) in [5.41, 5.74) is 5.20. The fourth-order valence-corrected chi connectivity index (χ4v) is 2.00. The molecule has 0 aliphatic heterocycles. The Hall–Kier alpha value is -2.49. The predicted molar refractivity (Wildman–Crippen MR) is 89.7 cm³/mol. The van der Waals surface area contributed by atoms with Gasteiger partial charge in [-0.3, -0.25) is 0 Å². The molecule has 1 N–H and O–H groups in total. The smallest absolute Gasteiger partial charge is 0.161 e. The first-order valence-electron chi connectivity index (χ1n) is 7.53. The molecule has 0 radical (unpaired) electrons. The van der Waals surface area contributed by atoms with E-state index in [4.69, 9.17) is 9.47 Å². The molecule has 0 spiro atoms. The van der Waals surface area contributed by atoms with Crippen LogP contribution >= 0.6 is 0 Å². The summed E-state index contributed by atoms with van der Waals surface area (Å²) in [6.45, 7) is 5.84. The molecule has 0 aliphatic rings. The normalized spacial score (nSPS) is 10.6. The number of nitrogens with one attached hydrogen (secondary N) is 1. The molecule has 0 aromatic heterocycles. The summed E-state index contributed by atoms with van der Waals surface area (Å²) >= 11 is 0. The Kier molecular flexibility index (Phi) is 6.30. The minimum absolute atomic E-state index is 0.604. The summed E-state index contributed by atoms with van der Waals surface area (Å²) in [6.07, 6.45) is 1.78. The van der Waals surface area contributed by atoms with Gasteiger partial charge in [0.2, 0.25) is 0 Å². The Labute approximate surface area is 131 Å². The predicted octanol–water partition coefficient (Wildman–Crippen LogP) is 3.61. The molecular weight excluding hydrogens is 276 g/mol. The first kappa shape index (κ1) is 15.9. The van der Waals surface area contributed by atoms with Crippen LogP contribution in [0.4, 0.5) is 0 Å². The molecule has 0 fully saturated rings. The van der Waals surface area contributed by atoms with Crippen molar-refractivity contribution in [2.45, 2.75) is 20.4 Å². The Morgan fingerprint density at radius 3 is 2.41 bits per heavy atom. The molecule has 4 nitrogen and oxygen atoms in total. The van der Waals surface area contributed by atoms with Crippen LogP contribution in [-0.4, -0.2) is 19.4 Å². The molecule has 0 unspecified atom stereocenters. The zero-order chi connectivity index (χ0) is 15.6. The van der Waals surface area contributed by atoms with E-state index < -0.39 is 0 Å². The molecule has 0 atom stereocenters. The van der Waals surface area contributed by atoms with E-state index in [1.165, 1.54) is 5.56 Å². The van der Waals surface area contributed by atoms with Gasteiger partial charge in [-0.2, -0.15) is 5.10 Å². The van der Waals surface area contributed by atoms with Crippen LogP contribution in [-0.2, 0) is 6.54 Å². The summed E-state index contributed by atoms with van der Waals surface area (Å²) in [7, 11) is 0. The van der Waals surface area contributed by atoms with Crippen LogP contribution < -0.4 is 14.9 Å². The van der Waals surface area contributed by atoms with Gasteiger partial charge >= 0.3 is 0 Å². The standard InChI is InChI=1S/C18H22N2O2/c1-3-21-17-11-10-16(12-18(17)22-4-2)14-20-19-13-15-8-6-5-7-9-15/h5-12,14,19H,3-4,13H2,1-2H3. The number of ether oxygens (including phenoxy) is 2. The molecule has 2 aromatic rings. The lowest BCUT2D eigenvalue weighted by Crippen LogP contribution is -2.05. The van der Waals surface area contributed by atoms with Gasteiger partial charge in [0.15, 0.2) is 11.5 Å². The van der Waals surface area contributed by atoms with Crippen molar-refractivity contribution in [2.75, 3.05) is 13.2 Å². The number of nitrogens with zero attached hydrogens (tertiary/aromatic N) is 1. The van der Waals surface area contributed by atoms with Crippen molar-refractivity contribution in [1.29, 1.82) is 0 Å². The Morgan fingerprint density at radius 1 is 0.955 bits per heavy atom. The fourth-order valence-electron chi connectivity index (χ4n) is 2.00. The lowest BCUT2D eigenvalue weighted by molar-refractivity contribution is 0.288. The van der Waals surface area contributed by atoms with Crippen molar-refractivity contribution in [1.82, 2.24) is 5.43 Å². The maximum absolute atomic E-state index is 5.60. The molecule has 22 heavy (non-hydrogen) atoms. The highest BCUT2D eigenvalue weighted by molar-refractivity contribution is 5.80. The number of benzene rings is 2. The van der Waals surface area contributed by atoms with Crippen LogP contribution in [0.2, 0.25) is 0 Å². The van der Waals surface area contributed by atoms with Gasteiger partial charge in [-0.05, 0) is 43.2 Å². The largest absolute Gasteiger partial charge is 0.490 e. The molecule has 2 rings (SSSR count). The minimum atomic E-state index is 0.604. The number of hydrogen-bond acceptors (Lipinski definition) is 4. The molecule has 0 bridgehead atoms. The molecular formula is C18H22N2O2. The zero-order valence-electron chi connectivity index (χ0n) is 13.1. The topological polar surface area (TPSA) is 42.8 Å². The third-order valence-electron chi connectivity index (χ3n) is 3.00. The van der Waals surface area contributed by atoms with E-state index >= 15 is 0 Å². The van der Waals surface area contributed by atoms with Crippen molar-refractivity contribution in [2.24, 2.45) is 5.10 Å². The van der Waals surface area contributed by atoms with Crippen molar-refractivity contribution in [3.8, 4) is 11.5 Å². The molecule has 4 heteroatoms. The first-order chi connectivity index (χ1) is 10.8. The van der Waals surface area contributed by atoms with E-state index in [1.807, 2.05) is 50.2 Å². The van der Waals surface area contributed by atoms with Crippen LogP contribution in [0, 0.1) is 0 Å². The average molecular weight is 298 g/mol. The molecule has 0 saturated heterocycles. The van der Waals surface area contributed by atoms with Gasteiger partial charge in [0, 0.05) is 0 Å². The number of rotatable bonds is 8. The summed E-state index contributed by atoms with van der Waals surface area (Å²) in [5, 5.41) is 4.24. The van der Waals surface area contributed by atoms with Crippen molar-refractivity contribution >= 4 is 6.21 Å². The third kappa shape index (κ3) is 4.81. The monoisotopic (exact) mass is 298 g/mol. The highest BCUT2D eigenvalue weighted by atomic mass is 16.5. The lowest BCUT2D eigenvalue weighted by Gasteiger charge is -2.11. The van der Waals surface area contributed by atoms with Crippen LogP contribution in [0.3, 0.4) is 0 Å². The first-order valence-corrected chi connectivity index (χ1v) is 7.53. The lowest BCUT2D eigenvalue weighted by atomic mass is 10.2. The Morgan fingerprint density at radius 2 is 1.68 bits per heavy atom. The zero-order valence-corrected chi connectivity index (χ0v) is 13.1. The summed E-state index contributed by atoms with van der Waals surface area (Å²) < 4.78 is 11.1. The molecule has 0 aliphatic carbocycles. The van der Waals surface area contributed by atoms with Gasteiger partial charge in [-0.15, -0.1) is 0 Å². The van der Waals surface area contributed by atoms with E-state index in [-0.39, 0.29) is 0 Å². The van der Waals surface area contributed by atoms with Crippen molar-refractivity contribution in [3.63, 3.8) is 0 Å². The van der Waals surface area contributed by atoms with E-state index in [0.717, 1.165) is 17.1 Å². The molecule has 116 valence electrons. The van der Waals surface area contributed by atoms with Gasteiger partial charge in [-0.25, -0.2) is 0 Å². The molecule has 0 heterocycles. The highest BCUT2D eigenvalue weighted by Gasteiger charge is 2.04. The molecule has 2 aromatic carbocycles.